The lowest BCUT2D eigenvalue weighted by atomic mass is 9.83. The third kappa shape index (κ3) is 7.48. The van der Waals surface area contributed by atoms with Crippen molar-refractivity contribution in [1.29, 1.82) is 0 Å². The molecule has 0 amide bonds. The van der Waals surface area contributed by atoms with Crippen LogP contribution < -0.4 is 25.7 Å². The minimum absolute atomic E-state index is 0.144. The summed E-state index contributed by atoms with van der Waals surface area (Å²) in [6.07, 6.45) is 8.51. The number of hydrogen-bond acceptors (Lipinski definition) is 12. The Labute approximate surface area is 333 Å². The molecule has 0 aliphatic carbocycles. The second kappa shape index (κ2) is 16.2. The minimum atomic E-state index is -0.803. The molecule has 0 saturated heterocycles. The van der Waals surface area contributed by atoms with Crippen LogP contribution in [0, 0.1) is 0 Å². The average Bonchev–Trinajstić information content (AvgIpc) is 3.85. The molecule has 8 rings (SSSR count). The molecule has 0 radical (unpaired) electrons. The number of aromatic nitrogens is 3. The lowest BCUT2D eigenvalue weighted by Crippen LogP contribution is -2.27. The van der Waals surface area contributed by atoms with Crippen LogP contribution in [-0.4, -0.2) is 61.5 Å². The van der Waals surface area contributed by atoms with Gasteiger partial charge in [-0.25, -0.2) is 20.0 Å². The van der Waals surface area contributed by atoms with Crippen LogP contribution >= 0.6 is 23.2 Å². The van der Waals surface area contributed by atoms with E-state index in [0.717, 1.165) is 44.5 Å². The first-order valence-corrected chi connectivity index (χ1v) is 18.0. The molecule has 6 aromatic rings. The fraction of sp³-hybridized carbons (Fsp3) is 0.167. The maximum atomic E-state index is 6.39. The van der Waals surface area contributed by atoms with Gasteiger partial charge >= 0.3 is 0 Å². The van der Waals surface area contributed by atoms with Gasteiger partial charge in [0.15, 0.2) is 11.1 Å². The Morgan fingerprint density at radius 3 is 1.46 bits per heavy atom. The number of ether oxygens (including phenoxy) is 5. The van der Waals surface area contributed by atoms with Crippen LogP contribution in [0.5, 0.6) is 17.2 Å². The highest BCUT2D eigenvalue weighted by Gasteiger charge is 2.42. The number of methoxy groups -OCH3 is 3. The number of amidine groups is 2. The maximum absolute atomic E-state index is 6.39. The number of rotatable bonds is 9. The molecule has 0 spiro atoms. The molecule has 2 aliphatic rings. The summed E-state index contributed by atoms with van der Waals surface area (Å²) in [5.41, 5.74) is 17.6. The summed E-state index contributed by atoms with van der Waals surface area (Å²) in [7, 11) is 4.78. The van der Waals surface area contributed by atoms with Crippen LogP contribution in [0.3, 0.4) is 0 Å². The second-order valence-electron chi connectivity index (χ2n) is 12.8. The number of aliphatic imine (C=N–C) groups is 2. The molecule has 56 heavy (non-hydrogen) atoms. The van der Waals surface area contributed by atoms with Gasteiger partial charge in [-0.2, -0.15) is 0 Å². The molecule has 4 N–H and O–H groups in total. The zero-order valence-electron chi connectivity index (χ0n) is 30.6. The SMILES string of the molecule is COc1ccc(C2(c3cccc(-c4cncnc4)c3)COC(N)=N2)cc1Cl.COc1cncc(-c2cccc(C3(c4ccc(OC)c(Cl)c4)COC(N)=N3)c2)c1. The average molecular weight is 791 g/mol. The van der Waals surface area contributed by atoms with Gasteiger partial charge in [-0.15, -0.1) is 0 Å². The highest BCUT2D eigenvalue weighted by atomic mass is 35.5. The smallest absolute Gasteiger partial charge is 0.283 e. The molecule has 12 nitrogen and oxygen atoms in total. The molecule has 4 aromatic carbocycles. The number of nitrogens with zero attached hydrogens (tertiary/aromatic N) is 5. The van der Waals surface area contributed by atoms with Crippen molar-refractivity contribution < 1.29 is 23.7 Å². The number of halogens is 2. The van der Waals surface area contributed by atoms with Gasteiger partial charge in [0.05, 0.1) is 37.6 Å². The number of benzene rings is 4. The van der Waals surface area contributed by atoms with E-state index < -0.39 is 11.1 Å². The van der Waals surface area contributed by atoms with Crippen molar-refractivity contribution in [2.45, 2.75) is 11.1 Å². The second-order valence-corrected chi connectivity index (χ2v) is 13.6. The van der Waals surface area contributed by atoms with Gasteiger partial charge in [-0.05, 0) is 75.8 Å². The summed E-state index contributed by atoms with van der Waals surface area (Å²) >= 11 is 12.7. The monoisotopic (exact) mass is 789 g/mol. The van der Waals surface area contributed by atoms with Crippen LogP contribution in [0.1, 0.15) is 22.3 Å². The summed E-state index contributed by atoms with van der Waals surface area (Å²) in [6, 6.07) is 29.4. The largest absolute Gasteiger partial charge is 0.495 e. The quantitative estimate of drug-likeness (QED) is 0.151. The first-order chi connectivity index (χ1) is 27.2. The fourth-order valence-corrected chi connectivity index (χ4v) is 7.20. The summed E-state index contributed by atoms with van der Waals surface area (Å²) in [5.74, 6) is 1.88. The van der Waals surface area contributed by atoms with Crippen LogP contribution in [0.25, 0.3) is 22.3 Å². The minimum Gasteiger partial charge on any atom is -0.495 e. The molecule has 2 aromatic heterocycles. The van der Waals surface area contributed by atoms with Crippen molar-refractivity contribution in [2.24, 2.45) is 21.5 Å². The predicted octanol–water partition coefficient (Wildman–Crippen LogP) is 7.40. The van der Waals surface area contributed by atoms with Crippen molar-refractivity contribution in [3.8, 4) is 39.5 Å². The zero-order valence-corrected chi connectivity index (χ0v) is 32.2. The molecular weight excluding hydrogens is 753 g/mol. The fourth-order valence-electron chi connectivity index (χ4n) is 6.68. The van der Waals surface area contributed by atoms with Gasteiger partial charge in [-0.3, -0.25) is 4.98 Å². The Kier molecular flexibility index (Phi) is 10.9. The summed E-state index contributed by atoms with van der Waals surface area (Å²) < 4.78 is 27.0. The van der Waals surface area contributed by atoms with Crippen LogP contribution in [0.4, 0.5) is 0 Å². The van der Waals surface area contributed by atoms with Gasteiger partial charge in [0, 0.05) is 29.7 Å². The normalized spacial score (nSPS) is 18.4. The van der Waals surface area contributed by atoms with Gasteiger partial charge in [0.1, 0.15) is 36.8 Å². The van der Waals surface area contributed by atoms with E-state index in [-0.39, 0.29) is 25.3 Å². The lowest BCUT2D eigenvalue weighted by molar-refractivity contribution is 0.278. The van der Waals surface area contributed by atoms with Gasteiger partial charge < -0.3 is 35.2 Å². The first kappa shape index (κ1) is 37.9. The van der Waals surface area contributed by atoms with Gasteiger partial charge in [0.2, 0.25) is 0 Å². The van der Waals surface area contributed by atoms with Gasteiger partial charge in [-0.1, -0.05) is 71.7 Å². The molecule has 2 atom stereocenters. The lowest BCUT2D eigenvalue weighted by Gasteiger charge is -2.26. The molecule has 4 heterocycles. The van der Waals surface area contributed by atoms with Crippen molar-refractivity contribution in [3.05, 3.63) is 154 Å². The Balaban J connectivity index is 0.000000172. The molecule has 0 saturated carbocycles. The maximum Gasteiger partial charge on any atom is 0.283 e. The van der Waals surface area contributed by atoms with Crippen molar-refractivity contribution in [3.63, 3.8) is 0 Å². The van der Waals surface area contributed by atoms with Crippen molar-refractivity contribution in [2.75, 3.05) is 34.5 Å². The molecular formula is C42H37Cl2N7O5. The Hall–Kier alpha value is -6.37. The first-order valence-electron chi connectivity index (χ1n) is 17.3. The Morgan fingerprint density at radius 2 is 1.02 bits per heavy atom. The summed E-state index contributed by atoms with van der Waals surface area (Å²) in [6.45, 7) is 0.567. The molecule has 0 fully saturated rings. The van der Waals surface area contributed by atoms with Gasteiger partial charge in [0.25, 0.3) is 12.0 Å². The molecule has 2 aliphatic heterocycles. The highest BCUT2D eigenvalue weighted by molar-refractivity contribution is 6.32. The van der Waals surface area contributed by atoms with E-state index in [1.807, 2.05) is 84.9 Å². The van der Waals surface area contributed by atoms with E-state index >= 15 is 0 Å². The zero-order chi connectivity index (χ0) is 39.3. The highest BCUT2D eigenvalue weighted by Crippen LogP contribution is 2.43. The van der Waals surface area contributed by atoms with Crippen LogP contribution in [-0.2, 0) is 20.6 Å². The number of pyridine rings is 1. The van der Waals surface area contributed by atoms with E-state index in [0.29, 0.717) is 27.3 Å². The topological polar surface area (TPSA) is 162 Å². The number of hydrogen-bond donors (Lipinski definition) is 2. The standard InChI is InChI=1S/C22H20ClN3O3.C20H17ClN4O2/c1-27-18-9-15(11-25-12-18)14-4-3-5-16(8-14)22(13-29-21(24)26-22)17-6-7-20(28-2)19(23)10-17;1-26-18-6-5-16(8-17(18)21)20(11-27-19(22)25-20)15-4-2-3-13(7-15)14-9-23-12-24-10-14/h3-12H,13H2,1-2H3,(H2,24,26);2-10,12H,11H2,1H3,(H2,22,25). The van der Waals surface area contributed by atoms with E-state index in [4.69, 9.17) is 58.4 Å². The van der Waals surface area contributed by atoms with E-state index in [2.05, 4.69) is 31.0 Å². The van der Waals surface area contributed by atoms with Crippen molar-refractivity contribution in [1.82, 2.24) is 15.0 Å². The Morgan fingerprint density at radius 1 is 0.536 bits per heavy atom. The van der Waals surface area contributed by atoms with Crippen LogP contribution in [0.15, 0.2) is 132 Å². The Bertz CT molecular complexity index is 2430. The predicted molar refractivity (Wildman–Crippen MR) is 216 cm³/mol. The molecule has 14 heteroatoms. The molecule has 284 valence electrons. The summed E-state index contributed by atoms with van der Waals surface area (Å²) in [5, 5.41) is 1.00. The number of nitrogens with two attached hydrogens (primary N) is 2. The third-order valence-corrected chi connectivity index (χ3v) is 10.2. The van der Waals surface area contributed by atoms with E-state index in [1.54, 1.807) is 46.1 Å². The summed E-state index contributed by atoms with van der Waals surface area (Å²) in [4.78, 5) is 21.7. The third-order valence-electron chi connectivity index (χ3n) is 9.58. The molecule has 0 bridgehead atoms. The van der Waals surface area contributed by atoms with Crippen LogP contribution in [0.2, 0.25) is 10.0 Å². The van der Waals surface area contributed by atoms with E-state index in [9.17, 15) is 0 Å². The molecule has 2 unspecified atom stereocenters. The van der Waals surface area contributed by atoms with E-state index in [1.165, 1.54) is 6.33 Å². The van der Waals surface area contributed by atoms with Crippen molar-refractivity contribution >= 4 is 35.2 Å².